The SMILES string of the molecule is Cc1ccn2nc(NC(C)CCc3ccco3)nc2c1. The Kier molecular flexibility index (Phi) is 3.41. The molecule has 0 bridgehead atoms. The number of nitrogens with zero attached hydrogens (tertiary/aromatic N) is 3. The van der Waals surface area contributed by atoms with Gasteiger partial charge in [0, 0.05) is 18.7 Å². The second-order valence-corrected chi connectivity index (χ2v) is 5.11. The quantitative estimate of drug-likeness (QED) is 0.774. The molecule has 1 unspecified atom stereocenters. The number of anilines is 1. The first-order chi connectivity index (χ1) is 9.70. The highest BCUT2D eigenvalue weighted by Gasteiger charge is 2.08. The molecule has 0 amide bonds. The highest BCUT2D eigenvalue weighted by molar-refractivity contribution is 5.45. The number of nitrogens with one attached hydrogen (secondary N) is 1. The van der Waals surface area contributed by atoms with Crippen LogP contribution < -0.4 is 5.32 Å². The lowest BCUT2D eigenvalue weighted by molar-refractivity contribution is 0.494. The zero-order valence-corrected chi connectivity index (χ0v) is 11.7. The monoisotopic (exact) mass is 270 g/mol. The largest absolute Gasteiger partial charge is 0.469 e. The van der Waals surface area contributed by atoms with Crippen LogP contribution in [-0.2, 0) is 6.42 Å². The van der Waals surface area contributed by atoms with Crippen LogP contribution in [0.5, 0.6) is 0 Å². The fourth-order valence-corrected chi connectivity index (χ4v) is 2.15. The van der Waals surface area contributed by atoms with Crippen LogP contribution in [0.3, 0.4) is 0 Å². The Bertz CT molecular complexity index is 687. The average Bonchev–Trinajstić information content (AvgIpc) is 3.04. The van der Waals surface area contributed by atoms with Crippen molar-refractivity contribution in [2.45, 2.75) is 32.7 Å². The summed E-state index contributed by atoms with van der Waals surface area (Å²) in [6, 6.07) is 8.24. The van der Waals surface area contributed by atoms with Crippen LogP contribution in [-0.4, -0.2) is 20.6 Å². The Labute approximate surface area is 117 Å². The molecule has 3 rings (SSSR count). The summed E-state index contributed by atoms with van der Waals surface area (Å²) in [5.41, 5.74) is 2.05. The van der Waals surface area contributed by atoms with E-state index < -0.39 is 0 Å². The van der Waals surface area contributed by atoms with Crippen molar-refractivity contribution in [3.63, 3.8) is 0 Å². The predicted octanol–water partition coefficient (Wildman–Crippen LogP) is 3.06. The maximum atomic E-state index is 5.33. The molecule has 0 aliphatic carbocycles. The zero-order valence-electron chi connectivity index (χ0n) is 11.7. The average molecular weight is 270 g/mol. The molecule has 5 nitrogen and oxygen atoms in total. The second kappa shape index (κ2) is 5.36. The van der Waals surface area contributed by atoms with Crippen molar-refractivity contribution >= 4 is 11.6 Å². The van der Waals surface area contributed by atoms with Gasteiger partial charge in [-0.05, 0) is 50.1 Å². The van der Waals surface area contributed by atoms with E-state index in [0.717, 1.165) is 24.2 Å². The van der Waals surface area contributed by atoms with E-state index in [9.17, 15) is 0 Å². The van der Waals surface area contributed by atoms with Gasteiger partial charge in [-0.3, -0.25) is 0 Å². The van der Waals surface area contributed by atoms with Gasteiger partial charge >= 0.3 is 0 Å². The molecule has 1 atom stereocenters. The smallest absolute Gasteiger partial charge is 0.243 e. The third kappa shape index (κ3) is 2.82. The Balaban J connectivity index is 1.63. The van der Waals surface area contributed by atoms with E-state index >= 15 is 0 Å². The summed E-state index contributed by atoms with van der Waals surface area (Å²) in [4.78, 5) is 4.48. The fourth-order valence-electron chi connectivity index (χ4n) is 2.15. The van der Waals surface area contributed by atoms with Crippen LogP contribution in [0.1, 0.15) is 24.7 Å². The molecule has 0 aliphatic heterocycles. The standard InChI is InChI=1S/C15H18N4O/c1-11-7-8-19-14(10-11)17-15(18-19)16-12(2)5-6-13-4-3-9-20-13/h3-4,7-10,12H,5-6H2,1-2H3,(H,16,18). The first-order valence-corrected chi connectivity index (χ1v) is 6.82. The van der Waals surface area contributed by atoms with E-state index in [0.29, 0.717) is 12.0 Å². The fraction of sp³-hybridized carbons (Fsp3) is 0.333. The molecular formula is C15H18N4O. The topological polar surface area (TPSA) is 55.4 Å². The summed E-state index contributed by atoms with van der Waals surface area (Å²) < 4.78 is 7.12. The van der Waals surface area contributed by atoms with Gasteiger partial charge in [0.15, 0.2) is 5.65 Å². The molecule has 20 heavy (non-hydrogen) atoms. The van der Waals surface area contributed by atoms with E-state index in [1.807, 2.05) is 37.4 Å². The molecule has 5 heteroatoms. The molecule has 1 N–H and O–H groups in total. The first kappa shape index (κ1) is 12.7. The number of aryl methyl sites for hydroxylation is 2. The molecule has 0 aliphatic rings. The number of aromatic nitrogens is 3. The van der Waals surface area contributed by atoms with E-state index in [-0.39, 0.29) is 0 Å². The summed E-state index contributed by atoms with van der Waals surface area (Å²) in [6.45, 7) is 4.17. The van der Waals surface area contributed by atoms with Crippen LogP contribution in [0.4, 0.5) is 5.95 Å². The normalized spacial score (nSPS) is 12.7. The molecule has 104 valence electrons. The van der Waals surface area contributed by atoms with E-state index in [1.165, 1.54) is 5.56 Å². The molecule has 0 fully saturated rings. The van der Waals surface area contributed by atoms with Gasteiger partial charge in [0.1, 0.15) is 5.76 Å². The van der Waals surface area contributed by atoms with Gasteiger partial charge in [0.25, 0.3) is 0 Å². The van der Waals surface area contributed by atoms with Crippen molar-refractivity contribution in [3.8, 4) is 0 Å². The first-order valence-electron chi connectivity index (χ1n) is 6.82. The molecule has 3 aromatic heterocycles. The van der Waals surface area contributed by atoms with Crippen molar-refractivity contribution in [2.75, 3.05) is 5.32 Å². The Hall–Kier alpha value is -2.30. The number of pyridine rings is 1. The van der Waals surface area contributed by atoms with Crippen LogP contribution in [0.15, 0.2) is 41.1 Å². The van der Waals surface area contributed by atoms with Gasteiger partial charge < -0.3 is 9.73 Å². The third-order valence-corrected chi connectivity index (χ3v) is 3.27. The van der Waals surface area contributed by atoms with Gasteiger partial charge in [0.05, 0.1) is 6.26 Å². The van der Waals surface area contributed by atoms with Crippen LogP contribution in [0, 0.1) is 6.92 Å². The number of hydrogen-bond donors (Lipinski definition) is 1. The third-order valence-electron chi connectivity index (χ3n) is 3.27. The van der Waals surface area contributed by atoms with Gasteiger partial charge in [-0.25, -0.2) is 4.52 Å². The molecule has 3 heterocycles. The molecule has 0 spiro atoms. The lowest BCUT2D eigenvalue weighted by Crippen LogP contribution is -2.16. The van der Waals surface area contributed by atoms with Crippen molar-refractivity contribution in [2.24, 2.45) is 0 Å². The zero-order chi connectivity index (χ0) is 13.9. The summed E-state index contributed by atoms with van der Waals surface area (Å²) in [5.74, 6) is 1.68. The number of hydrogen-bond acceptors (Lipinski definition) is 4. The van der Waals surface area contributed by atoms with Gasteiger partial charge in [-0.2, -0.15) is 4.98 Å². The van der Waals surface area contributed by atoms with Crippen LogP contribution in [0.2, 0.25) is 0 Å². The molecule has 0 saturated heterocycles. The van der Waals surface area contributed by atoms with E-state index in [1.54, 1.807) is 10.8 Å². The van der Waals surface area contributed by atoms with E-state index in [2.05, 4.69) is 22.3 Å². The van der Waals surface area contributed by atoms with Crippen LogP contribution in [0.25, 0.3) is 5.65 Å². The highest BCUT2D eigenvalue weighted by Crippen LogP contribution is 2.11. The van der Waals surface area contributed by atoms with Crippen LogP contribution >= 0.6 is 0 Å². The number of fused-ring (bicyclic) bond motifs is 1. The number of rotatable bonds is 5. The molecular weight excluding hydrogens is 252 g/mol. The molecule has 0 aromatic carbocycles. The summed E-state index contributed by atoms with van der Waals surface area (Å²) in [6.07, 6.45) is 5.52. The predicted molar refractivity (Wildman–Crippen MR) is 77.8 cm³/mol. The number of furan rings is 1. The molecule has 0 radical (unpaired) electrons. The van der Waals surface area contributed by atoms with Gasteiger partial charge in [-0.15, -0.1) is 5.10 Å². The minimum absolute atomic E-state index is 0.290. The van der Waals surface area contributed by atoms with Crippen molar-refractivity contribution in [1.82, 2.24) is 14.6 Å². The van der Waals surface area contributed by atoms with E-state index in [4.69, 9.17) is 4.42 Å². The maximum absolute atomic E-state index is 5.33. The molecule has 3 aromatic rings. The van der Waals surface area contributed by atoms with Gasteiger partial charge in [0.2, 0.25) is 5.95 Å². The highest BCUT2D eigenvalue weighted by atomic mass is 16.3. The van der Waals surface area contributed by atoms with Crippen molar-refractivity contribution in [1.29, 1.82) is 0 Å². The van der Waals surface area contributed by atoms with Gasteiger partial charge in [-0.1, -0.05) is 0 Å². The summed E-state index contributed by atoms with van der Waals surface area (Å²) in [5, 5.41) is 7.74. The Morgan fingerprint density at radius 1 is 1.40 bits per heavy atom. The minimum atomic E-state index is 0.290. The lowest BCUT2D eigenvalue weighted by atomic mass is 10.1. The van der Waals surface area contributed by atoms with Crippen molar-refractivity contribution < 1.29 is 4.42 Å². The van der Waals surface area contributed by atoms with Crippen molar-refractivity contribution in [3.05, 3.63) is 48.0 Å². The minimum Gasteiger partial charge on any atom is -0.469 e. The second-order valence-electron chi connectivity index (χ2n) is 5.11. The Morgan fingerprint density at radius 3 is 3.10 bits per heavy atom. The molecule has 0 saturated carbocycles. The lowest BCUT2D eigenvalue weighted by Gasteiger charge is -2.10. The Morgan fingerprint density at radius 2 is 2.30 bits per heavy atom. The summed E-state index contributed by atoms with van der Waals surface area (Å²) >= 11 is 0. The summed E-state index contributed by atoms with van der Waals surface area (Å²) in [7, 11) is 0. The maximum Gasteiger partial charge on any atom is 0.243 e.